The summed E-state index contributed by atoms with van der Waals surface area (Å²) in [6, 6.07) is 2.12. The van der Waals surface area contributed by atoms with Crippen LogP contribution in [0.1, 0.15) is 19.3 Å². The van der Waals surface area contributed by atoms with Crippen LogP contribution in [0.2, 0.25) is 0 Å². The number of carboxylic acid groups (broad SMARTS) is 1. The third-order valence-corrected chi connectivity index (χ3v) is 5.38. The molecular weight excluding hydrogens is 320 g/mol. The van der Waals surface area contributed by atoms with Crippen molar-refractivity contribution in [2.45, 2.75) is 25.3 Å². The number of aromatic nitrogens is 2. The van der Waals surface area contributed by atoms with Gasteiger partial charge in [-0.15, -0.1) is 0 Å². The number of carbonyl (C=O) groups is 1. The SMILES string of the molecule is CN1CCN(C2CCN(c3nccc(N)n3)CC2CCC(=O)O)CC1. The summed E-state index contributed by atoms with van der Waals surface area (Å²) in [5.74, 6) is 0.693. The lowest BCUT2D eigenvalue weighted by Gasteiger charge is -2.46. The molecule has 2 saturated heterocycles. The molecule has 8 nitrogen and oxygen atoms in total. The summed E-state index contributed by atoms with van der Waals surface area (Å²) < 4.78 is 0. The van der Waals surface area contributed by atoms with E-state index in [9.17, 15) is 4.79 Å². The van der Waals surface area contributed by atoms with Crippen LogP contribution in [0.15, 0.2) is 12.3 Å². The second-order valence-electron chi connectivity index (χ2n) is 7.12. The number of nitrogens with two attached hydrogens (primary N) is 1. The van der Waals surface area contributed by atoms with E-state index in [4.69, 9.17) is 10.8 Å². The fourth-order valence-electron chi connectivity index (χ4n) is 3.94. The minimum absolute atomic E-state index is 0.209. The van der Waals surface area contributed by atoms with Gasteiger partial charge >= 0.3 is 5.97 Å². The number of likely N-dealkylation sites (N-methyl/N-ethyl adjacent to an activating group) is 1. The Balaban J connectivity index is 1.70. The topological polar surface area (TPSA) is 98.8 Å². The van der Waals surface area contributed by atoms with Crippen molar-refractivity contribution in [2.24, 2.45) is 5.92 Å². The Morgan fingerprint density at radius 1 is 1.32 bits per heavy atom. The molecule has 0 saturated carbocycles. The number of nitrogen functional groups attached to an aromatic ring is 1. The molecule has 0 aromatic carbocycles. The van der Waals surface area contributed by atoms with E-state index in [0.29, 0.717) is 30.1 Å². The number of anilines is 2. The Bertz CT molecular complexity index is 590. The molecule has 0 amide bonds. The fraction of sp³-hybridized carbons (Fsp3) is 0.706. The summed E-state index contributed by atoms with van der Waals surface area (Å²) in [7, 11) is 2.15. The number of hydrogen-bond donors (Lipinski definition) is 2. The maximum Gasteiger partial charge on any atom is 0.303 e. The van der Waals surface area contributed by atoms with E-state index in [-0.39, 0.29) is 6.42 Å². The molecule has 0 spiro atoms. The Hall–Kier alpha value is -1.93. The van der Waals surface area contributed by atoms with E-state index >= 15 is 0 Å². The highest BCUT2D eigenvalue weighted by Crippen LogP contribution is 2.29. The van der Waals surface area contributed by atoms with Crippen LogP contribution in [0.4, 0.5) is 11.8 Å². The standard InChI is InChI=1S/C17H28N6O2/c1-21-8-10-22(11-9-21)14-5-7-23(12-13(14)2-3-16(24)25)17-19-6-4-15(18)20-17/h4,6,13-14H,2-3,5,7-12H2,1H3,(H,24,25)(H2,18,19,20). The molecule has 1 aromatic rings. The number of hydrogen-bond acceptors (Lipinski definition) is 7. The first kappa shape index (κ1) is 17.9. The van der Waals surface area contributed by atoms with Gasteiger partial charge in [-0.1, -0.05) is 0 Å². The largest absolute Gasteiger partial charge is 0.481 e. The van der Waals surface area contributed by atoms with Crippen LogP contribution >= 0.6 is 0 Å². The highest BCUT2D eigenvalue weighted by Gasteiger charge is 2.35. The van der Waals surface area contributed by atoms with Crippen molar-refractivity contribution < 1.29 is 9.90 Å². The third-order valence-electron chi connectivity index (χ3n) is 5.38. The molecule has 3 heterocycles. The normalized spacial score (nSPS) is 25.9. The molecule has 2 atom stereocenters. The quantitative estimate of drug-likeness (QED) is 0.787. The number of carboxylic acids is 1. The van der Waals surface area contributed by atoms with E-state index in [1.165, 1.54) is 0 Å². The molecule has 1 aromatic heterocycles. The molecule has 25 heavy (non-hydrogen) atoms. The van der Waals surface area contributed by atoms with Crippen molar-refractivity contribution in [1.29, 1.82) is 0 Å². The third kappa shape index (κ3) is 4.58. The predicted octanol–water partition coefficient (Wildman–Crippen LogP) is 0.366. The van der Waals surface area contributed by atoms with E-state index < -0.39 is 5.97 Å². The van der Waals surface area contributed by atoms with Gasteiger partial charge in [0.2, 0.25) is 5.95 Å². The number of piperazine rings is 1. The Labute approximate surface area is 148 Å². The van der Waals surface area contributed by atoms with Crippen LogP contribution < -0.4 is 10.6 Å². The van der Waals surface area contributed by atoms with Crippen molar-refractivity contribution in [3.05, 3.63) is 12.3 Å². The van der Waals surface area contributed by atoms with E-state index in [1.807, 2.05) is 0 Å². The average molecular weight is 348 g/mol. The van der Waals surface area contributed by atoms with Crippen molar-refractivity contribution >= 4 is 17.7 Å². The van der Waals surface area contributed by atoms with Gasteiger partial charge in [0.25, 0.3) is 0 Å². The number of piperidine rings is 1. The number of rotatable bonds is 5. The molecule has 0 aliphatic carbocycles. The van der Waals surface area contributed by atoms with Crippen molar-refractivity contribution in [2.75, 3.05) is 56.9 Å². The van der Waals surface area contributed by atoms with Crippen LogP contribution in [-0.2, 0) is 4.79 Å². The van der Waals surface area contributed by atoms with Crippen LogP contribution in [-0.4, -0.2) is 83.2 Å². The first-order chi connectivity index (χ1) is 12.0. The lowest BCUT2D eigenvalue weighted by molar-refractivity contribution is -0.137. The van der Waals surface area contributed by atoms with E-state index in [2.05, 4.69) is 31.7 Å². The molecule has 3 rings (SSSR count). The Kier molecular flexibility index (Phi) is 5.70. The van der Waals surface area contributed by atoms with Gasteiger partial charge in [-0.2, -0.15) is 4.98 Å². The molecule has 2 fully saturated rings. The number of nitrogens with zero attached hydrogens (tertiary/aromatic N) is 5. The molecule has 0 bridgehead atoms. The lowest BCUT2D eigenvalue weighted by atomic mass is 9.86. The van der Waals surface area contributed by atoms with Gasteiger partial charge in [0.05, 0.1) is 0 Å². The maximum atomic E-state index is 11.1. The highest BCUT2D eigenvalue weighted by atomic mass is 16.4. The molecule has 138 valence electrons. The molecule has 2 aliphatic rings. The second kappa shape index (κ2) is 7.97. The monoisotopic (exact) mass is 348 g/mol. The van der Waals surface area contributed by atoms with Crippen LogP contribution in [0.5, 0.6) is 0 Å². The van der Waals surface area contributed by atoms with Crippen molar-refractivity contribution in [3.8, 4) is 0 Å². The van der Waals surface area contributed by atoms with Gasteiger partial charge in [0.15, 0.2) is 0 Å². The zero-order chi connectivity index (χ0) is 17.8. The molecule has 2 unspecified atom stereocenters. The summed E-state index contributed by atoms with van der Waals surface area (Å²) >= 11 is 0. The molecule has 8 heteroatoms. The lowest BCUT2D eigenvalue weighted by Crippen LogP contribution is -2.56. The van der Waals surface area contributed by atoms with E-state index in [1.54, 1.807) is 12.3 Å². The van der Waals surface area contributed by atoms with Crippen LogP contribution in [0.25, 0.3) is 0 Å². The average Bonchev–Trinajstić information content (AvgIpc) is 2.60. The summed E-state index contributed by atoms with van der Waals surface area (Å²) in [4.78, 5) is 26.8. The summed E-state index contributed by atoms with van der Waals surface area (Å²) in [5, 5.41) is 9.12. The van der Waals surface area contributed by atoms with Crippen LogP contribution in [0.3, 0.4) is 0 Å². The van der Waals surface area contributed by atoms with Crippen molar-refractivity contribution in [1.82, 2.24) is 19.8 Å². The Morgan fingerprint density at radius 3 is 2.76 bits per heavy atom. The van der Waals surface area contributed by atoms with Gasteiger partial charge < -0.3 is 20.6 Å². The van der Waals surface area contributed by atoms with Gasteiger partial charge in [-0.25, -0.2) is 4.98 Å². The summed E-state index contributed by atoms with van der Waals surface area (Å²) in [6.07, 6.45) is 3.58. The zero-order valence-corrected chi connectivity index (χ0v) is 14.8. The minimum Gasteiger partial charge on any atom is -0.481 e. The Morgan fingerprint density at radius 2 is 2.08 bits per heavy atom. The zero-order valence-electron chi connectivity index (χ0n) is 14.8. The van der Waals surface area contributed by atoms with Gasteiger partial charge in [0.1, 0.15) is 5.82 Å². The van der Waals surface area contributed by atoms with E-state index in [0.717, 1.165) is 45.7 Å². The fourth-order valence-corrected chi connectivity index (χ4v) is 3.94. The molecule has 2 aliphatic heterocycles. The van der Waals surface area contributed by atoms with Crippen LogP contribution in [0, 0.1) is 5.92 Å². The smallest absolute Gasteiger partial charge is 0.303 e. The first-order valence-electron chi connectivity index (χ1n) is 9.01. The van der Waals surface area contributed by atoms with Gasteiger partial charge in [0, 0.05) is 57.9 Å². The van der Waals surface area contributed by atoms with Gasteiger partial charge in [-0.05, 0) is 31.9 Å². The predicted molar refractivity (Wildman–Crippen MR) is 96.5 cm³/mol. The maximum absolute atomic E-state index is 11.1. The summed E-state index contributed by atoms with van der Waals surface area (Å²) in [5.41, 5.74) is 5.79. The molecular formula is C17H28N6O2. The van der Waals surface area contributed by atoms with Crippen molar-refractivity contribution in [3.63, 3.8) is 0 Å². The first-order valence-corrected chi connectivity index (χ1v) is 9.01. The molecule has 3 N–H and O–H groups in total. The van der Waals surface area contributed by atoms with Gasteiger partial charge in [-0.3, -0.25) is 9.69 Å². The highest BCUT2D eigenvalue weighted by molar-refractivity contribution is 5.66. The number of aliphatic carboxylic acids is 1. The molecule has 0 radical (unpaired) electrons. The summed E-state index contributed by atoms with van der Waals surface area (Å²) in [6.45, 7) is 5.92. The minimum atomic E-state index is -0.727. The second-order valence-corrected chi connectivity index (χ2v) is 7.12.